The fraction of sp³-hybridized carbons (Fsp3) is 0.321. The highest BCUT2D eigenvalue weighted by Crippen LogP contribution is 2.47. The Hall–Kier alpha value is -4.15. The molecule has 3 amide bonds. The lowest BCUT2D eigenvalue weighted by Gasteiger charge is -2.37. The van der Waals surface area contributed by atoms with Crippen LogP contribution < -0.4 is 25.4 Å². The topological polar surface area (TPSA) is 131 Å². The third-order valence-electron chi connectivity index (χ3n) is 6.71. The van der Waals surface area contributed by atoms with E-state index in [0.29, 0.717) is 35.8 Å². The van der Waals surface area contributed by atoms with E-state index in [4.69, 9.17) is 14.2 Å². The fourth-order valence-corrected chi connectivity index (χ4v) is 4.91. The van der Waals surface area contributed by atoms with Crippen LogP contribution in [0.5, 0.6) is 11.5 Å². The second kappa shape index (κ2) is 11.5. The Morgan fingerprint density at radius 1 is 1.08 bits per heavy atom. The zero-order valence-corrected chi connectivity index (χ0v) is 20.9. The Bertz CT molecular complexity index is 1270. The first-order chi connectivity index (χ1) is 18.5. The van der Waals surface area contributed by atoms with Gasteiger partial charge < -0.3 is 35.3 Å². The fourth-order valence-electron chi connectivity index (χ4n) is 4.91. The summed E-state index contributed by atoms with van der Waals surface area (Å²) in [6.07, 6.45) is 1.06. The first kappa shape index (κ1) is 25.5. The number of aliphatic hydroxyl groups excluding tert-OH is 1. The van der Waals surface area contributed by atoms with Gasteiger partial charge in [0.1, 0.15) is 23.7 Å². The summed E-state index contributed by atoms with van der Waals surface area (Å²) in [4.78, 5) is 29.4. The van der Waals surface area contributed by atoms with Gasteiger partial charge in [-0.3, -0.25) is 9.78 Å². The summed E-state index contributed by atoms with van der Waals surface area (Å²) in [5, 5.41) is 18.5. The van der Waals surface area contributed by atoms with Gasteiger partial charge in [0.2, 0.25) is 5.91 Å². The molecule has 1 aromatic heterocycles. The largest absolute Gasteiger partial charge is 0.497 e. The number of hydrogen-bond acceptors (Lipinski definition) is 7. The van der Waals surface area contributed by atoms with E-state index in [1.165, 1.54) is 0 Å². The molecule has 1 fully saturated rings. The van der Waals surface area contributed by atoms with Gasteiger partial charge >= 0.3 is 6.03 Å². The lowest BCUT2D eigenvalue weighted by atomic mass is 9.84. The van der Waals surface area contributed by atoms with E-state index in [2.05, 4.69) is 20.9 Å². The molecule has 3 aromatic rings. The zero-order chi connectivity index (χ0) is 26.5. The quantitative estimate of drug-likeness (QED) is 0.359. The van der Waals surface area contributed by atoms with E-state index in [1.54, 1.807) is 49.7 Å². The number of hydrogen-bond donors (Lipinski definition) is 4. The van der Waals surface area contributed by atoms with Crippen molar-refractivity contribution >= 4 is 23.3 Å². The predicted octanol–water partition coefficient (Wildman–Crippen LogP) is 3.44. The number of aliphatic hydroxyl groups is 1. The SMILES string of the molecule is COc1ccc(NC(=O)Nc2ccc3c(c2)[C@H]2C[C@H](CC(=O)NCc4ccccn4)O[C@H](CO)[C@H]2O3)cc1. The number of ether oxygens (including phenoxy) is 3. The lowest BCUT2D eigenvalue weighted by molar-refractivity contribution is -0.142. The minimum atomic E-state index is -0.565. The minimum Gasteiger partial charge on any atom is -0.497 e. The Balaban J connectivity index is 1.22. The Morgan fingerprint density at radius 2 is 1.87 bits per heavy atom. The van der Waals surface area contributed by atoms with Crippen LogP contribution in [-0.2, 0) is 16.1 Å². The van der Waals surface area contributed by atoms with Gasteiger partial charge in [-0.25, -0.2) is 4.79 Å². The second-order valence-corrected chi connectivity index (χ2v) is 9.27. The van der Waals surface area contributed by atoms with Crippen LogP contribution in [0, 0.1) is 0 Å². The first-order valence-corrected chi connectivity index (χ1v) is 12.5. The monoisotopic (exact) mass is 518 g/mol. The molecule has 198 valence electrons. The van der Waals surface area contributed by atoms with Gasteiger partial charge in [0.05, 0.1) is 38.5 Å². The molecule has 38 heavy (non-hydrogen) atoms. The van der Waals surface area contributed by atoms with Crippen LogP contribution in [0.4, 0.5) is 16.2 Å². The van der Waals surface area contributed by atoms with E-state index in [1.807, 2.05) is 24.3 Å². The van der Waals surface area contributed by atoms with Crippen LogP contribution in [0.1, 0.15) is 30.0 Å². The number of amides is 3. The molecular weight excluding hydrogens is 488 g/mol. The van der Waals surface area contributed by atoms with Crippen LogP contribution in [0.3, 0.4) is 0 Å². The molecule has 0 radical (unpaired) electrons. The minimum absolute atomic E-state index is 0.0871. The number of urea groups is 1. The number of rotatable bonds is 8. The van der Waals surface area contributed by atoms with Gasteiger partial charge in [0, 0.05) is 29.1 Å². The van der Waals surface area contributed by atoms with Gasteiger partial charge in [-0.1, -0.05) is 6.07 Å². The maximum atomic E-state index is 12.6. The van der Waals surface area contributed by atoms with Gasteiger partial charge in [0.15, 0.2) is 0 Å². The lowest BCUT2D eigenvalue weighted by Crippen LogP contribution is -2.47. The number of nitrogens with zero attached hydrogens (tertiary/aromatic N) is 1. The smallest absolute Gasteiger partial charge is 0.323 e. The number of pyridine rings is 1. The standard InChI is InChI=1S/C28H30N4O6/c1-36-20-8-5-17(6-9-20)31-28(35)32-18-7-10-24-22(12-18)23-13-21(37-25(16-33)27(23)38-24)14-26(34)30-15-19-4-2-3-11-29-19/h2-12,21,23,25,27,33H,13-16H2,1H3,(H,30,34)(H2,31,32,35)/t21-,23-,25-,27+/m1/s1. The number of carbonyl (C=O) groups is 2. The van der Waals surface area contributed by atoms with Gasteiger partial charge in [-0.2, -0.15) is 0 Å². The van der Waals surface area contributed by atoms with E-state index in [-0.39, 0.29) is 43.1 Å². The van der Waals surface area contributed by atoms with Gasteiger partial charge in [0.25, 0.3) is 0 Å². The molecule has 0 bridgehead atoms. The molecule has 10 nitrogen and oxygen atoms in total. The van der Waals surface area contributed by atoms with Crippen LogP contribution in [-0.4, -0.2) is 54.1 Å². The van der Waals surface area contributed by atoms with Crippen LogP contribution in [0.15, 0.2) is 66.9 Å². The van der Waals surface area contributed by atoms with Crippen LogP contribution in [0.25, 0.3) is 0 Å². The summed E-state index contributed by atoms with van der Waals surface area (Å²) in [5.41, 5.74) is 2.92. The van der Waals surface area contributed by atoms with Crippen molar-refractivity contribution in [3.63, 3.8) is 0 Å². The maximum absolute atomic E-state index is 12.6. The molecule has 10 heteroatoms. The van der Waals surface area contributed by atoms with Crippen molar-refractivity contribution in [3.8, 4) is 11.5 Å². The summed E-state index contributed by atoms with van der Waals surface area (Å²) in [6, 6.07) is 17.6. The molecule has 0 unspecified atom stereocenters. The van der Waals surface area contributed by atoms with Crippen LogP contribution >= 0.6 is 0 Å². The molecule has 3 heterocycles. The number of methoxy groups -OCH3 is 1. The molecule has 0 saturated carbocycles. The second-order valence-electron chi connectivity index (χ2n) is 9.27. The highest BCUT2D eigenvalue weighted by molar-refractivity contribution is 5.99. The van der Waals surface area contributed by atoms with Crippen molar-refractivity contribution in [2.45, 2.75) is 43.6 Å². The number of nitrogens with one attached hydrogen (secondary N) is 3. The number of carbonyl (C=O) groups excluding carboxylic acids is 2. The molecule has 4 atom stereocenters. The summed E-state index contributed by atoms with van der Waals surface area (Å²) in [5.74, 6) is 1.14. The van der Waals surface area contributed by atoms with Crippen molar-refractivity contribution in [2.24, 2.45) is 0 Å². The van der Waals surface area contributed by atoms with E-state index < -0.39 is 6.10 Å². The summed E-state index contributed by atoms with van der Waals surface area (Å²) < 4.78 is 17.3. The third kappa shape index (κ3) is 5.87. The number of anilines is 2. The predicted molar refractivity (Wildman–Crippen MR) is 140 cm³/mol. The van der Waals surface area contributed by atoms with E-state index in [0.717, 1.165) is 11.3 Å². The van der Waals surface area contributed by atoms with Crippen LogP contribution in [0.2, 0.25) is 0 Å². The normalized spacial score (nSPS) is 21.4. The average molecular weight is 519 g/mol. The molecule has 0 aliphatic carbocycles. The first-order valence-electron chi connectivity index (χ1n) is 12.5. The highest BCUT2D eigenvalue weighted by atomic mass is 16.6. The highest BCUT2D eigenvalue weighted by Gasteiger charge is 2.46. The van der Waals surface area contributed by atoms with Gasteiger partial charge in [-0.05, 0) is 61.0 Å². The molecule has 2 aliphatic heterocycles. The average Bonchev–Trinajstić information content (AvgIpc) is 3.30. The summed E-state index contributed by atoms with van der Waals surface area (Å²) in [6.45, 7) is 0.109. The Labute approximate surface area is 220 Å². The Kier molecular flexibility index (Phi) is 7.71. The molecule has 0 spiro atoms. The van der Waals surface area contributed by atoms with E-state index >= 15 is 0 Å². The number of fused-ring (bicyclic) bond motifs is 3. The number of aromatic nitrogens is 1. The Morgan fingerprint density at radius 3 is 2.61 bits per heavy atom. The zero-order valence-electron chi connectivity index (χ0n) is 20.9. The molecule has 2 aliphatic rings. The summed E-state index contributed by atoms with van der Waals surface area (Å²) in [7, 11) is 1.58. The van der Waals surface area contributed by atoms with Crippen molar-refractivity contribution < 1.29 is 28.9 Å². The molecule has 2 aromatic carbocycles. The molecule has 5 rings (SSSR count). The summed E-state index contributed by atoms with van der Waals surface area (Å²) >= 11 is 0. The van der Waals surface area contributed by atoms with Gasteiger partial charge in [-0.15, -0.1) is 0 Å². The van der Waals surface area contributed by atoms with E-state index in [9.17, 15) is 14.7 Å². The number of benzene rings is 2. The maximum Gasteiger partial charge on any atom is 0.323 e. The molecule has 4 N–H and O–H groups in total. The van der Waals surface area contributed by atoms with Crippen molar-refractivity contribution in [2.75, 3.05) is 24.4 Å². The van der Waals surface area contributed by atoms with Crippen molar-refractivity contribution in [1.82, 2.24) is 10.3 Å². The van der Waals surface area contributed by atoms with Crippen molar-refractivity contribution in [1.29, 1.82) is 0 Å². The molecule has 1 saturated heterocycles. The third-order valence-corrected chi connectivity index (χ3v) is 6.71. The molecular formula is C28H30N4O6. The van der Waals surface area contributed by atoms with Crippen molar-refractivity contribution in [3.05, 3.63) is 78.1 Å².